The lowest BCUT2D eigenvalue weighted by Crippen LogP contribution is -2.38. The summed E-state index contributed by atoms with van der Waals surface area (Å²) in [7, 11) is 1.49. The van der Waals surface area contributed by atoms with Crippen LogP contribution in [0.2, 0.25) is 0 Å². The summed E-state index contributed by atoms with van der Waals surface area (Å²) >= 11 is 0. The molecule has 0 aliphatic heterocycles. The predicted octanol–water partition coefficient (Wildman–Crippen LogP) is 2.34. The minimum absolute atomic E-state index is 0.276. The molecule has 0 heterocycles. The molecule has 0 aliphatic rings. The SMILES string of the molecule is COc1cc(/C=C\C(=O)O)c(OC(C)(C)C(=O)O)cc1C. The number of carboxylic acids is 2. The summed E-state index contributed by atoms with van der Waals surface area (Å²) in [5, 5.41) is 17.8. The highest BCUT2D eigenvalue weighted by Gasteiger charge is 2.30. The minimum Gasteiger partial charge on any atom is -0.496 e. The third-order valence-corrected chi connectivity index (χ3v) is 2.81. The van der Waals surface area contributed by atoms with Crippen LogP contribution in [-0.2, 0) is 9.59 Å². The summed E-state index contributed by atoms with van der Waals surface area (Å²) in [6.45, 7) is 4.61. The van der Waals surface area contributed by atoms with Crippen LogP contribution in [0.5, 0.6) is 11.5 Å². The summed E-state index contributed by atoms with van der Waals surface area (Å²) in [6.07, 6.45) is 2.28. The first-order chi connectivity index (χ1) is 9.67. The summed E-state index contributed by atoms with van der Waals surface area (Å²) in [6, 6.07) is 3.22. The van der Waals surface area contributed by atoms with Gasteiger partial charge in [0.2, 0.25) is 0 Å². The van der Waals surface area contributed by atoms with Gasteiger partial charge in [-0.25, -0.2) is 9.59 Å². The van der Waals surface area contributed by atoms with Gasteiger partial charge in [-0.1, -0.05) is 0 Å². The Balaban J connectivity index is 3.31. The van der Waals surface area contributed by atoms with E-state index in [-0.39, 0.29) is 5.75 Å². The summed E-state index contributed by atoms with van der Waals surface area (Å²) in [4.78, 5) is 21.8. The van der Waals surface area contributed by atoms with E-state index in [0.29, 0.717) is 11.3 Å². The Morgan fingerprint density at radius 2 is 1.81 bits per heavy atom. The molecule has 0 bridgehead atoms. The Labute approximate surface area is 122 Å². The molecule has 21 heavy (non-hydrogen) atoms. The monoisotopic (exact) mass is 294 g/mol. The first-order valence-corrected chi connectivity index (χ1v) is 6.19. The molecule has 6 nitrogen and oxygen atoms in total. The lowest BCUT2D eigenvalue weighted by atomic mass is 10.1. The van der Waals surface area contributed by atoms with Gasteiger partial charge in [-0.3, -0.25) is 0 Å². The number of benzene rings is 1. The number of hydrogen-bond acceptors (Lipinski definition) is 4. The van der Waals surface area contributed by atoms with Crippen LogP contribution in [0.1, 0.15) is 25.0 Å². The highest BCUT2D eigenvalue weighted by Crippen LogP contribution is 2.31. The molecule has 0 saturated carbocycles. The third kappa shape index (κ3) is 4.24. The number of aliphatic carboxylic acids is 2. The van der Waals surface area contributed by atoms with Gasteiger partial charge < -0.3 is 19.7 Å². The molecule has 0 unspecified atom stereocenters. The Bertz CT molecular complexity index is 586. The van der Waals surface area contributed by atoms with E-state index in [1.165, 1.54) is 27.0 Å². The highest BCUT2D eigenvalue weighted by atomic mass is 16.5. The van der Waals surface area contributed by atoms with Crippen LogP contribution in [0.3, 0.4) is 0 Å². The number of rotatable bonds is 6. The van der Waals surface area contributed by atoms with Gasteiger partial charge >= 0.3 is 11.9 Å². The van der Waals surface area contributed by atoms with Crippen LogP contribution in [-0.4, -0.2) is 34.9 Å². The Morgan fingerprint density at radius 1 is 1.19 bits per heavy atom. The molecule has 114 valence electrons. The van der Waals surface area contributed by atoms with Crippen molar-refractivity contribution in [2.75, 3.05) is 7.11 Å². The molecule has 0 aliphatic carbocycles. The van der Waals surface area contributed by atoms with E-state index >= 15 is 0 Å². The second-order valence-corrected chi connectivity index (χ2v) is 4.95. The third-order valence-electron chi connectivity index (χ3n) is 2.81. The predicted molar refractivity (Wildman–Crippen MR) is 76.7 cm³/mol. The molecule has 0 aromatic heterocycles. The van der Waals surface area contributed by atoms with Gasteiger partial charge in [0, 0.05) is 11.6 Å². The first kappa shape index (κ1) is 16.6. The Hall–Kier alpha value is -2.50. The van der Waals surface area contributed by atoms with Gasteiger partial charge in [-0.2, -0.15) is 0 Å². The van der Waals surface area contributed by atoms with Crippen LogP contribution in [0.25, 0.3) is 6.08 Å². The van der Waals surface area contributed by atoms with Crippen molar-refractivity contribution in [1.29, 1.82) is 0 Å². The molecule has 1 aromatic rings. The average Bonchev–Trinajstić information content (AvgIpc) is 2.37. The maximum Gasteiger partial charge on any atom is 0.347 e. The maximum absolute atomic E-state index is 11.1. The fourth-order valence-electron chi connectivity index (χ4n) is 1.60. The largest absolute Gasteiger partial charge is 0.496 e. The standard InChI is InChI=1S/C15H18O6/c1-9-7-12(21-15(2,3)14(18)19)10(5-6-13(16)17)8-11(9)20-4/h5-8H,1-4H3,(H,16,17)(H,18,19)/b6-5-. The molecular weight excluding hydrogens is 276 g/mol. The second kappa shape index (κ2) is 6.30. The zero-order valence-corrected chi connectivity index (χ0v) is 12.3. The van der Waals surface area contributed by atoms with E-state index in [1.807, 2.05) is 0 Å². The van der Waals surface area contributed by atoms with Crippen LogP contribution >= 0.6 is 0 Å². The fourth-order valence-corrected chi connectivity index (χ4v) is 1.60. The van der Waals surface area contributed by atoms with Gasteiger partial charge in [-0.05, 0) is 44.5 Å². The van der Waals surface area contributed by atoms with Crippen molar-refractivity contribution < 1.29 is 29.3 Å². The molecule has 0 atom stereocenters. The molecule has 1 aromatic carbocycles. The molecule has 0 amide bonds. The molecule has 0 saturated heterocycles. The number of carbonyl (C=O) groups is 2. The molecule has 0 radical (unpaired) electrons. The Morgan fingerprint density at radius 3 is 2.29 bits per heavy atom. The normalized spacial score (nSPS) is 11.4. The molecule has 0 fully saturated rings. The lowest BCUT2D eigenvalue weighted by molar-refractivity contribution is -0.152. The maximum atomic E-state index is 11.1. The summed E-state index contributed by atoms with van der Waals surface area (Å²) < 4.78 is 10.7. The smallest absolute Gasteiger partial charge is 0.347 e. The van der Waals surface area contributed by atoms with Gasteiger partial charge in [0.15, 0.2) is 5.60 Å². The number of carboxylic acid groups (broad SMARTS) is 2. The fraction of sp³-hybridized carbons (Fsp3) is 0.333. The van der Waals surface area contributed by atoms with Gasteiger partial charge in [0.05, 0.1) is 7.11 Å². The van der Waals surface area contributed by atoms with Crippen molar-refractivity contribution in [2.24, 2.45) is 0 Å². The van der Waals surface area contributed by atoms with Crippen molar-refractivity contribution in [3.63, 3.8) is 0 Å². The van der Waals surface area contributed by atoms with Crippen molar-refractivity contribution in [3.05, 3.63) is 29.3 Å². The molecular formula is C15H18O6. The van der Waals surface area contributed by atoms with Crippen molar-refractivity contribution in [3.8, 4) is 11.5 Å². The van der Waals surface area contributed by atoms with E-state index in [4.69, 9.17) is 19.7 Å². The number of ether oxygens (including phenoxy) is 2. The van der Waals surface area contributed by atoms with Crippen LogP contribution < -0.4 is 9.47 Å². The molecule has 1 rings (SSSR count). The topological polar surface area (TPSA) is 93.1 Å². The van der Waals surface area contributed by atoms with Crippen molar-refractivity contribution in [1.82, 2.24) is 0 Å². The van der Waals surface area contributed by atoms with Gasteiger partial charge in [-0.15, -0.1) is 0 Å². The molecule has 0 spiro atoms. The summed E-state index contributed by atoms with van der Waals surface area (Å²) in [5.41, 5.74) is -0.261. The van der Waals surface area contributed by atoms with E-state index < -0.39 is 17.5 Å². The van der Waals surface area contributed by atoms with Crippen LogP contribution in [0.4, 0.5) is 0 Å². The van der Waals surface area contributed by atoms with E-state index in [0.717, 1.165) is 11.6 Å². The number of hydrogen-bond donors (Lipinski definition) is 2. The minimum atomic E-state index is -1.44. The van der Waals surface area contributed by atoms with E-state index in [9.17, 15) is 9.59 Å². The zero-order valence-electron chi connectivity index (χ0n) is 12.3. The van der Waals surface area contributed by atoms with Crippen molar-refractivity contribution >= 4 is 18.0 Å². The first-order valence-electron chi connectivity index (χ1n) is 6.19. The van der Waals surface area contributed by atoms with Crippen LogP contribution in [0.15, 0.2) is 18.2 Å². The number of aryl methyl sites for hydroxylation is 1. The van der Waals surface area contributed by atoms with Gasteiger partial charge in [0.25, 0.3) is 0 Å². The molecule has 6 heteroatoms. The van der Waals surface area contributed by atoms with E-state index in [1.54, 1.807) is 19.1 Å². The molecule has 2 N–H and O–H groups in total. The zero-order chi connectivity index (χ0) is 16.2. The average molecular weight is 294 g/mol. The number of methoxy groups -OCH3 is 1. The second-order valence-electron chi connectivity index (χ2n) is 4.95. The van der Waals surface area contributed by atoms with Gasteiger partial charge in [0.1, 0.15) is 11.5 Å². The Kier molecular flexibility index (Phi) is 4.97. The van der Waals surface area contributed by atoms with E-state index in [2.05, 4.69) is 0 Å². The quantitative estimate of drug-likeness (QED) is 0.782. The van der Waals surface area contributed by atoms with Crippen molar-refractivity contribution in [2.45, 2.75) is 26.4 Å². The highest BCUT2D eigenvalue weighted by molar-refractivity contribution is 5.86. The van der Waals surface area contributed by atoms with Crippen LogP contribution in [0, 0.1) is 6.92 Å². The summed E-state index contributed by atoms with van der Waals surface area (Å²) in [5.74, 6) is -1.40. The lowest BCUT2D eigenvalue weighted by Gasteiger charge is -2.23.